The maximum absolute atomic E-state index is 11.5. The van der Waals surface area contributed by atoms with Gasteiger partial charge in [0.25, 0.3) is 0 Å². The molecule has 0 fully saturated rings. The van der Waals surface area contributed by atoms with Crippen molar-refractivity contribution >= 4 is 23.3 Å². The summed E-state index contributed by atoms with van der Waals surface area (Å²) in [6.45, 7) is 1.53. The molecule has 2 aromatic rings. The van der Waals surface area contributed by atoms with Crippen LogP contribution < -0.4 is 5.11 Å². The van der Waals surface area contributed by atoms with E-state index in [4.69, 9.17) is 0 Å². The number of carboxylic acids is 1. The molecule has 0 aliphatic carbocycles. The number of carbonyl (C=O) groups is 2. The fourth-order valence-corrected chi connectivity index (χ4v) is 2.25. The number of aromatic nitrogens is 3. The standard InChI is InChI=1S/C10H9N3O4S/c1-5-7(9(14)15)11-12-13(5)6-3-4-18-8(6)10(16)17-2/h3-4H,1-2H3,(H,14,15)/p-1. The lowest BCUT2D eigenvalue weighted by molar-refractivity contribution is -0.255. The van der Waals surface area contributed by atoms with Crippen molar-refractivity contribution in [2.24, 2.45) is 0 Å². The van der Waals surface area contributed by atoms with E-state index in [2.05, 4.69) is 15.0 Å². The van der Waals surface area contributed by atoms with Crippen LogP contribution in [0.1, 0.15) is 25.9 Å². The minimum Gasteiger partial charge on any atom is -0.543 e. The Morgan fingerprint density at radius 1 is 1.50 bits per heavy atom. The summed E-state index contributed by atoms with van der Waals surface area (Å²) >= 11 is 1.18. The number of carbonyl (C=O) groups excluding carboxylic acids is 2. The van der Waals surface area contributed by atoms with Crippen LogP contribution in [-0.2, 0) is 4.74 Å². The summed E-state index contributed by atoms with van der Waals surface area (Å²) in [6.07, 6.45) is 0. The molecule has 0 N–H and O–H groups in total. The van der Waals surface area contributed by atoms with Crippen molar-refractivity contribution in [2.75, 3.05) is 7.11 Å². The Balaban J connectivity index is 2.53. The average molecular weight is 266 g/mol. The molecule has 18 heavy (non-hydrogen) atoms. The van der Waals surface area contributed by atoms with E-state index in [1.54, 1.807) is 11.4 Å². The summed E-state index contributed by atoms with van der Waals surface area (Å²) in [5.74, 6) is -1.92. The third kappa shape index (κ3) is 1.86. The van der Waals surface area contributed by atoms with E-state index < -0.39 is 11.9 Å². The van der Waals surface area contributed by atoms with Crippen LogP contribution in [0.4, 0.5) is 0 Å². The van der Waals surface area contributed by atoms with Crippen LogP contribution in [0.5, 0.6) is 0 Å². The van der Waals surface area contributed by atoms with E-state index in [1.807, 2.05) is 0 Å². The second-order valence-corrected chi connectivity index (χ2v) is 4.27. The van der Waals surface area contributed by atoms with Gasteiger partial charge in [0.1, 0.15) is 10.6 Å². The first-order valence-corrected chi connectivity index (χ1v) is 5.74. The third-order valence-electron chi connectivity index (χ3n) is 2.33. The van der Waals surface area contributed by atoms with Crippen LogP contribution in [0.3, 0.4) is 0 Å². The Kier molecular flexibility index (Phi) is 3.11. The first kappa shape index (κ1) is 12.2. The van der Waals surface area contributed by atoms with E-state index in [0.717, 1.165) is 0 Å². The minimum absolute atomic E-state index is 0.253. The first-order chi connectivity index (χ1) is 8.56. The van der Waals surface area contributed by atoms with E-state index >= 15 is 0 Å². The Morgan fingerprint density at radius 3 is 2.78 bits per heavy atom. The summed E-state index contributed by atoms with van der Waals surface area (Å²) in [6, 6.07) is 1.64. The van der Waals surface area contributed by atoms with Gasteiger partial charge in [-0.05, 0) is 18.4 Å². The second kappa shape index (κ2) is 4.57. The monoisotopic (exact) mass is 266 g/mol. The Hall–Kier alpha value is -2.22. The fraction of sp³-hybridized carbons (Fsp3) is 0.200. The van der Waals surface area contributed by atoms with Crippen molar-refractivity contribution in [3.63, 3.8) is 0 Å². The van der Waals surface area contributed by atoms with E-state index in [1.165, 1.54) is 30.1 Å². The number of aromatic carboxylic acids is 1. The van der Waals surface area contributed by atoms with Crippen LogP contribution in [-0.4, -0.2) is 34.0 Å². The molecule has 0 aromatic carbocycles. The average Bonchev–Trinajstić information content (AvgIpc) is 2.93. The van der Waals surface area contributed by atoms with Crippen molar-refractivity contribution in [2.45, 2.75) is 6.92 Å². The van der Waals surface area contributed by atoms with Crippen molar-refractivity contribution < 1.29 is 19.4 Å². The highest BCUT2D eigenvalue weighted by Gasteiger charge is 2.19. The topological polar surface area (TPSA) is 97.1 Å². The molecule has 2 heterocycles. The zero-order valence-corrected chi connectivity index (χ0v) is 10.4. The molecule has 2 aromatic heterocycles. The normalized spacial score (nSPS) is 10.3. The van der Waals surface area contributed by atoms with E-state index in [-0.39, 0.29) is 5.69 Å². The fourth-order valence-electron chi connectivity index (χ4n) is 1.46. The Morgan fingerprint density at radius 2 is 2.22 bits per heavy atom. The van der Waals surface area contributed by atoms with Gasteiger partial charge in [-0.3, -0.25) is 0 Å². The molecule has 7 nitrogen and oxygen atoms in total. The predicted octanol–water partition coefficient (Wildman–Crippen LogP) is -0.213. The number of rotatable bonds is 3. The van der Waals surface area contributed by atoms with Gasteiger partial charge in [0.05, 0.1) is 24.5 Å². The van der Waals surface area contributed by atoms with Gasteiger partial charge in [0.2, 0.25) is 0 Å². The smallest absolute Gasteiger partial charge is 0.350 e. The number of nitrogens with zero attached hydrogens (tertiary/aromatic N) is 3. The quantitative estimate of drug-likeness (QED) is 0.713. The summed E-state index contributed by atoms with van der Waals surface area (Å²) < 4.78 is 5.90. The maximum atomic E-state index is 11.5. The molecule has 0 aliphatic rings. The Bertz CT molecular complexity index is 616. The molecule has 0 unspecified atom stereocenters. The number of methoxy groups -OCH3 is 1. The van der Waals surface area contributed by atoms with Gasteiger partial charge in [-0.1, -0.05) is 5.21 Å². The predicted molar refractivity (Wildman–Crippen MR) is 59.6 cm³/mol. The number of ether oxygens (including phenoxy) is 1. The number of carboxylic acid groups (broad SMARTS) is 1. The summed E-state index contributed by atoms with van der Waals surface area (Å²) in [4.78, 5) is 22.6. The minimum atomic E-state index is -1.41. The van der Waals surface area contributed by atoms with Crippen LogP contribution >= 0.6 is 11.3 Å². The molecule has 0 amide bonds. The molecule has 0 saturated heterocycles. The lowest BCUT2D eigenvalue weighted by atomic mass is 10.3. The van der Waals surface area contributed by atoms with Gasteiger partial charge in [-0.15, -0.1) is 16.4 Å². The number of thiophene rings is 1. The molecule has 0 radical (unpaired) electrons. The lowest BCUT2D eigenvalue weighted by Crippen LogP contribution is -2.23. The molecule has 94 valence electrons. The van der Waals surface area contributed by atoms with Crippen LogP contribution in [0, 0.1) is 6.92 Å². The molecular formula is C10H8N3O4S-. The zero-order chi connectivity index (χ0) is 13.3. The number of esters is 1. The van der Waals surface area contributed by atoms with Crippen LogP contribution in [0.25, 0.3) is 5.69 Å². The maximum Gasteiger partial charge on any atom is 0.350 e. The van der Waals surface area contributed by atoms with Gasteiger partial charge in [0.15, 0.2) is 0 Å². The molecular weight excluding hydrogens is 258 g/mol. The highest BCUT2D eigenvalue weighted by molar-refractivity contribution is 7.12. The van der Waals surface area contributed by atoms with Crippen molar-refractivity contribution in [1.82, 2.24) is 15.0 Å². The van der Waals surface area contributed by atoms with Crippen molar-refractivity contribution in [1.29, 1.82) is 0 Å². The Labute approximate surface area is 106 Å². The largest absolute Gasteiger partial charge is 0.543 e. The lowest BCUT2D eigenvalue weighted by Gasteiger charge is -2.04. The van der Waals surface area contributed by atoms with Gasteiger partial charge in [-0.2, -0.15) is 0 Å². The third-order valence-corrected chi connectivity index (χ3v) is 3.22. The van der Waals surface area contributed by atoms with Crippen LogP contribution in [0.2, 0.25) is 0 Å². The highest BCUT2D eigenvalue weighted by Crippen LogP contribution is 2.23. The van der Waals surface area contributed by atoms with Crippen molar-refractivity contribution in [3.05, 3.63) is 27.7 Å². The molecule has 0 atom stereocenters. The van der Waals surface area contributed by atoms with E-state index in [0.29, 0.717) is 16.3 Å². The number of hydrogen-bond donors (Lipinski definition) is 0. The molecule has 2 rings (SSSR count). The van der Waals surface area contributed by atoms with Gasteiger partial charge in [0, 0.05) is 0 Å². The molecule has 0 spiro atoms. The van der Waals surface area contributed by atoms with E-state index in [9.17, 15) is 14.7 Å². The first-order valence-electron chi connectivity index (χ1n) is 4.86. The molecule has 0 aliphatic heterocycles. The molecule has 0 saturated carbocycles. The molecule has 8 heteroatoms. The zero-order valence-electron chi connectivity index (χ0n) is 9.54. The highest BCUT2D eigenvalue weighted by atomic mass is 32.1. The van der Waals surface area contributed by atoms with Gasteiger partial charge >= 0.3 is 5.97 Å². The SMILES string of the molecule is COC(=O)c1sccc1-n1nnc(C(=O)[O-])c1C. The van der Waals surface area contributed by atoms with Gasteiger partial charge < -0.3 is 14.6 Å². The van der Waals surface area contributed by atoms with Crippen molar-refractivity contribution in [3.8, 4) is 5.69 Å². The molecule has 0 bridgehead atoms. The number of hydrogen-bond acceptors (Lipinski definition) is 7. The summed E-state index contributed by atoms with van der Waals surface area (Å²) in [5.41, 5.74) is 0.472. The van der Waals surface area contributed by atoms with Crippen LogP contribution in [0.15, 0.2) is 11.4 Å². The summed E-state index contributed by atoms with van der Waals surface area (Å²) in [5, 5.41) is 19.6. The van der Waals surface area contributed by atoms with Gasteiger partial charge in [-0.25, -0.2) is 9.48 Å². The summed E-state index contributed by atoms with van der Waals surface area (Å²) in [7, 11) is 1.27. The second-order valence-electron chi connectivity index (χ2n) is 3.35.